The number of nitrogens with zero attached hydrogens (tertiary/aromatic N) is 5. The fraction of sp³-hybridized carbons (Fsp3) is 0.824. The summed E-state index contributed by atoms with van der Waals surface area (Å²) in [5.74, 6) is 0.00465. The van der Waals surface area contributed by atoms with Crippen molar-refractivity contribution in [1.82, 2.24) is 30.1 Å². The van der Waals surface area contributed by atoms with Gasteiger partial charge in [0.05, 0.1) is 18.8 Å². The van der Waals surface area contributed by atoms with Crippen molar-refractivity contribution in [1.29, 1.82) is 0 Å². The summed E-state index contributed by atoms with van der Waals surface area (Å²) in [5.41, 5.74) is 0.471. The van der Waals surface area contributed by atoms with Crippen molar-refractivity contribution in [2.45, 2.75) is 38.3 Å². The molecule has 0 radical (unpaired) electrons. The first-order valence-electron chi connectivity index (χ1n) is 9.37. The largest absolute Gasteiger partial charge is 0.383 e. The van der Waals surface area contributed by atoms with Crippen LogP contribution in [0.15, 0.2) is 6.20 Å². The van der Waals surface area contributed by atoms with Crippen molar-refractivity contribution in [2.75, 3.05) is 53.0 Å². The number of hydrogen-bond donors (Lipinski definition) is 1. The van der Waals surface area contributed by atoms with Gasteiger partial charge in [0.25, 0.3) is 5.91 Å². The summed E-state index contributed by atoms with van der Waals surface area (Å²) in [6, 6.07) is 0.733. The predicted molar refractivity (Wildman–Crippen MR) is 109 cm³/mol. The second-order valence-electron chi connectivity index (χ2n) is 6.91. The molecule has 0 aliphatic carbocycles. The monoisotopic (exact) mass is 422 g/mol. The minimum Gasteiger partial charge on any atom is -0.383 e. The number of piperazine rings is 1. The molecule has 1 aromatic rings. The number of halogens is 2. The van der Waals surface area contributed by atoms with Crippen LogP contribution in [-0.4, -0.2) is 89.7 Å². The average molecular weight is 423 g/mol. The van der Waals surface area contributed by atoms with E-state index in [0.29, 0.717) is 17.8 Å². The van der Waals surface area contributed by atoms with Crippen LogP contribution >= 0.6 is 24.8 Å². The van der Waals surface area contributed by atoms with Gasteiger partial charge in [-0.3, -0.25) is 9.69 Å². The lowest BCUT2D eigenvalue weighted by molar-refractivity contribution is 0.0380. The maximum absolute atomic E-state index is 12.8. The van der Waals surface area contributed by atoms with Crippen molar-refractivity contribution < 1.29 is 9.53 Å². The van der Waals surface area contributed by atoms with Gasteiger partial charge in [0, 0.05) is 39.3 Å². The minimum absolute atomic E-state index is 0. The molecule has 0 aromatic carbocycles. The van der Waals surface area contributed by atoms with Crippen molar-refractivity contribution in [3.8, 4) is 0 Å². The molecule has 2 fully saturated rings. The van der Waals surface area contributed by atoms with Crippen molar-refractivity contribution in [3.05, 3.63) is 11.9 Å². The molecule has 0 saturated carbocycles. The third-order valence-electron chi connectivity index (χ3n) is 5.36. The number of rotatable bonds is 6. The number of ether oxygens (including phenoxy) is 1. The summed E-state index contributed by atoms with van der Waals surface area (Å²) in [6.07, 6.45) is 4.92. The SMILES string of the molecule is CCC1CN(C(=O)c2cn(C3CCNCC3)nn2)CCN1CCOC.Cl.Cl. The summed E-state index contributed by atoms with van der Waals surface area (Å²) in [7, 11) is 1.73. The molecule has 1 amide bonds. The highest BCUT2D eigenvalue weighted by molar-refractivity contribution is 5.92. The third-order valence-corrected chi connectivity index (χ3v) is 5.36. The van der Waals surface area contributed by atoms with Gasteiger partial charge in [-0.15, -0.1) is 29.9 Å². The summed E-state index contributed by atoms with van der Waals surface area (Å²) < 4.78 is 7.07. The molecule has 2 aliphatic heterocycles. The summed E-state index contributed by atoms with van der Waals surface area (Å²) in [6.45, 7) is 8.18. The van der Waals surface area contributed by atoms with E-state index in [2.05, 4.69) is 27.5 Å². The average Bonchev–Trinajstić information content (AvgIpc) is 3.16. The molecule has 2 aliphatic rings. The van der Waals surface area contributed by atoms with E-state index in [4.69, 9.17) is 4.74 Å². The fourth-order valence-electron chi connectivity index (χ4n) is 3.75. The number of methoxy groups -OCH3 is 1. The molecule has 0 spiro atoms. The first-order chi connectivity index (χ1) is 12.2. The molecular formula is C17H32Cl2N6O2. The van der Waals surface area contributed by atoms with E-state index in [0.717, 1.165) is 65.1 Å². The minimum atomic E-state index is 0. The molecule has 10 heteroatoms. The van der Waals surface area contributed by atoms with Gasteiger partial charge in [-0.1, -0.05) is 12.1 Å². The Morgan fingerprint density at radius 3 is 2.70 bits per heavy atom. The Kier molecular flexibility index (Phi) is 10.5. The second kappa shape index (κ2) is 11.8. The van der Waals surface area contributed by atoms with Crippen LogP contribution in [0.2, 0.25) is 0 Å². The molecule has 2 saturated heterocycles. The van der Waals surface area contributed by atoms with Gasteiger partial charge in [-0.05, 0) is 32.4 Å². The normalized spacial score (nSPS) is 21.4. The molecule has 0 bridgehead atoms. The highest BCUT2D eigenvalue weighted by atomic mass is 35.5. The maximum Gasteiger partial charge on any atom is 0.276 e. The topological polar surface area (TPSA) is 75.5 Å². The Morgan fingerprint density at radius 2 is 2.04 bits per heavy atom. The first-order valence-corrected chi connectivity index (χ1v) is 9.37. The van der Waals surface area contributed by atoms with E-state index in [1.165, 1.54) is 0 Å². The van der Waals surface area contributed by atoms with Gasteiger partial charge < -0.3 is 15.0 Å². The summed E-state index contributed by atoms with van der Waals surface area (Å²) in [4.78, 5) is 17.2. The number of amides is 1. The zero-order chi connectivity index (χ0) is 17.6. The molecular weight excluding hydrogens is 391 g/mol. The van der Waals surface area contributed by atoms with Gasteiger partial charge >= 0.3 is 0 Å². The summed E-state index contributed by atoms with van der Waals surface area (Å²) >= 11 is 0. The van der Waals surface area contributed by atoms with Crippen molar-refractivity contribution >= 4 is 30.7 Å². The number of piperidine rings is 1. The van der Waals surface area contributed by atoms with Crippen LogP contribution in [-0.2, 0) is 4.74 Å². The van der Waals surface area contributed by atoms with Crippen LogP contribution in [0.4, 0.5) is 0 Å². The van der Waals surface area contributed by atoms with Gasteiger partial charge in [0.15, 0.2) is 5.69 Å². The van der Waals surface area contributed by atoms with E-state index in [1.807, 2.05) is 15.8 Å². The smallest absolute Gasteiger partial charge is 0.276 e. The zero-order valence-electron chi connectivity index (χ0n) is 16.2. The van der Waals surface area contributed by atoms with E-state index < -0.39 is 0 Å². The fourth-order valence-corrected chi connectivity index (χ4v) is 3.75. The highest BCUT2D eigenvalue weighted by Crippen LogP contribution is 2.19. The number of nitrogens with one attached hydrogen (secondary N) is 1. The number of carbonyl (C=O) groups is 1. The van der Waals surface area contributed by atoms with Crippen LogP contribution in [0.25, 0.3) is 0 Å². The Bertz CT molecular complexity index is 567. The lowest BCUT2D eigenvalue weighted by Crippen LogP contribution is -2.55. The Morgan fingerprint density at radius 1 is 1.30 bits per heavy atom. The van der Waals surface area contributed by atoms with Gasteiger partial charge in [-0.25, -0.2) is 4.68 Å². The van der Waals surface area contributed by atoms with Crippen LogP contribution in [0.3, 0.4) is 0 Å². The summed E-state index contributed by atoms with van der Waals surface area (Å²) in [5, 5.41) is 11.7. The van der Waals surface area contributed by atoms with Crippen molar-refractivity contribution in [3.63, 3.8) is 0 Å². The molecule has 1 atom stereocenters. The van der Waals surface area contributed by atoms with Gasteiger partial charge in [-0.2, -0.15) is 0 Å². The first kappa shape index (κ1) is 24.1. The van der Waals surface area contributed by atoms with Gasteiger partial charge in [0.1, 0.15) is 0 Å². The quantitative estimate of drug-likeness (QED) is 0.742. The highest BCUT2D eigenvalue weighted by Gasteiger charge is 2.30. The Labute approximate surface area is 173 Å². The predicted octanol–water partition coefficient (Wildman–Crippen LogP) is 1.23. The van der Waals surface area contributed by atoms with Crippen molar-refractivity contribution in [2.24, 2.45) is 0 Å². The molecule has 1 unspecified atom stereocenters. The van der Waals surface area contributed by atoms with E-state index in [-0.39, 0.29) is 30.7 Å². The second-order valence-corrected chi connectivity index (χ2v) is 6.91. The van der Waals surface area contributed by atoms with Crippen LogP contribution in [0.1, 0.15) is 42.7 Å². The molecule has 8 nitrogen and oxygen atoms in total. The molecule has 156 valence electrons. The third kappa shape index (κ3) is 6.02. The van der Waals surface area contributed by atoms with Crippen LogP contribution in [0.5, 0.6) is 0 Å². The number of carbonyl (C=O) groups excluding carboxylic acids is 1. The van der Waals surface area contributed by atoms with Gasteiger partial charge in [0.2, 0.25) is 0 Å². The lowest BCUT2D eigenvalue weighted by Gasteiger charge is -2.40. The number of hydrogen-bond acceptors (Lipinski definition) is 6. The van der Waals surface area contributed by atoms with E-state index in [9.17, 15) is 4.79 Å². The molecule has 1 aromatic heterocycles. The Balaban J connectivity index is 0.00000182. The maximum atomic E-state index is 12.8. The number of aromatic nitrogens is 3. The van der Waals surface area contributed by atoms with Crippen LogP contribution < -0.4 is 5.32 Å². The van der Waals surface area contributed by atoms with Crippen LogP contribution in [0, 0.1) is 0 Å². The zero-order valence-corrected chi connectivity index (χ0v) is 17.8. The molecule has 27 heavy (non-hydrogen) atoms. The van der Waals surface area contributed by atoms with E-state index in [1.54, 1.807) is 7.11 Å². The molecule has 3 heterocycles. The molecule has 1 N–H and O–H groups in total. The standard InChI is InChI=1S/C17H30N6O2.2ClH/c1-3-14-12-22(9-8-21(14)10-11-25-2)17(24)16-13-23(20-19-16)15-4-6-18-7-5-15;;/h13-15,18H,3-12H2,1-2H3;2*1H. The Hall–Kier alpha value is -0.930. The van der Waals surface area contributed by atoms with E-state index >= 15 is 0 Å². The molecule has 3 rings (SSSR count). The lowest BCUT2D eigenvalue weighted by atomic mass is 10.1.